The predicted octanol–water partition coefficient (Wildman–Crippen LogP) is 1.95. The second kappa shape index (κ2) is 11.1. The van der Waals surface area contributed by atoms with Gasteiger partial charge in [-0.25, -0.2) is 9.59 Å². The summed E-state index contributed by atoms with van der Waals surface area (Å²) in [4.78, 5) is 50.6. The Morgan fingerprint density at radius 1 is 1.13 bits per heavy atom. The third kappa shape index (κ3) is 6.02. The SMILES string of the molecule is CCC(=O)NC1CCCN(CCC(=O)Nc2sc(C(=O)OC)c(C)c2C(=O)OC)C1. The molecule has 1 atom stereocenters. The van der Waals surface area contributed by atoms with Crippen molar-refractivity contribution in [3.05, 3.63) is 16.0 Å². The first-order chi connectivity index (χ1) is 14.3. The van der Waals surface area contributed by atoms with Gasteiger partial charge in [0.2, 0.25) is 11.8 Å². The van der Waals surface area contributed by atoms with Gasteiger partial charge in [-0.15, -0.1) is 11.3 Å². The third-order valence-corrected chi connectivity index (χ3v) is 6.19. The van der Waals surface area contributed by atoms with Gasteiger partial charge in [0.15, 0.2) is 0 Å². The molecule has 1 saturated heterocycles. The number of amides is 2. The second-order valence-corrected chi connectivity index (χ2v) is 8.12. The summed E-state index contributed by atoms with van der Waals surface area (Å²) in [6.45, 7) is 5.54. The molecule has 0 radical (unpaired) electrons. The fraction of sp³-hybridized carbons (Fsp3) is 0.600. The minimum Gasteiger partial charge on any atom is -0.465 e. The van der Waals surface area contributed by atoms with E-state index in [1.54, 1.807) is 6.92 Å². The number of thiophene rings is 1. The molecule has 2 amide bonds. The van der Waals surface area contributed by atoms with Crippen LogP contribution in [0, 0.1) is 6.92 Å². The molecular formula is C20H29N3O6S. The lowest BCUT2D eigenvalue weighted by Gasteiger charge is -2.32. The molecule has 2 rings (SSSR count). The Bertz CT molecular complexity index is 807. The summed E-state index contributed by atoms with van der Waals surface area (Å²) in [6, 6.07) is 0.0998. The average Bonchev–Trinajstić information content (AvgIpc) is 3.06. The molecule has 0 aliphatic carbocycles. The number of nitrogens with zero attached hydrogens (tertiary/aromatic N) is 1. The molecule has 1 aromatic rings. The van der Waals surface area contributed by atoms with E-state index in [0.29, 0.717) is 25.1 Å². The van der Waals surface area contributed by atoms with Gasteiger partial charge in [0.05, 0.1) is 19.8 Å². The number of esters is 2. The molecular weight excluding hydrogens is 410 g/mol. The molecule has 0 saturated carbocycles. The molecule has 0 bridgehead atoms. The Kier molecular flexibility index (Phi) is 8.79. The zero-order valence-corrected chi connectivity index (χ0v) is 18.6. The highest BCUT2D eigenvalue weighted by molar-refractivity contribution is 7.18. The van der Waals surface area contributed by atoms with Gasteiger partial charge in [0, 0.05) is 32.0 Å². The van der Waals surface area contributed by atoms with Crippen molar-refractivity contribution in [2.24, 2.45) is 0 Å². The van der Waals surface area contributed by atoms with E-state index in [-0.39, 0.29) is 39.7 Å². The maximum atomic E-state index is 12.5. The fourth-order valence-corrected chi connectivity index (χ4v) is 4.52. The van der Waals surface area contributed by atoms with Crippen LogP contribution < -0.4 is 10.6 Å². The monoisotopic (exact) mass is 439 g/mol. The van der Waals surface area contributed by atoms with Crippen molar-refractivity contribution in [3.8, 4) is 0 Å². The van der Waals surface area contributed by atoms with Crippen LogP contribution in [-0.2, 0) is 19.1 Å². The molecule has 9 nitrogen and oxygen atoms in total. The summed E-state index contributed by atoms with van der Waals surface area (Å²) in [5.41, 5.74) is 0.580. The number of piperidine rings is 1. The van der Waals surface area contributed by atoms with Gasteiger partial charge in [-0.05, 0) is 31.9 Å². The average molecular weight is 440 g/mol. The molecule has 1 aliphatic heterocycles. The van der Waals surface area contributed by atoms with E-state index in [9.17, 15) is 19.2 Å². The van der Waals surface area contributed by atoms with Crippen LogP contribution in [0.5, 0.6) is 0 Å². The Morgan fingerprint density at radius 2 is 1.83 bits per heavy atom. The smallest absolute Gasteiger partial charge is 0.348 e. The van der Waals surface area contributed by atoms with Crippen molar-refractivity contribution in [3.63, 3.8) is 0 Å². The van der Waals surface area contributed by atoms with Gasteiger partial charge in [-0.3, -0.25) is 9.59 Å². The Morgan fingerprint density at radius 3 is 2.47 bits per heavy atom. The van der Waals surface area contributed by atoms with E-state index in [2.05, 4.69) is 15.5 Å². The molecule has 2 heterocycles. The van der Waals surface area contributed by atoms with Crippen molar-refractivity contribution in [1.82, 2.24) is 10.2 Å². The minimum atomic E-state index is -0.625. The van der Waals surface area contributed by atoms with Gasteiger partial charge < -0.3 is 25.0 Å². The molecule has 30 heavy (non-hydrogen) atoms. The number of nitrogens with one attached hydrogen (secondary N) is 2. The standard InChI is InChI=1S/C20H29N3O6S/c1-5-14(24)21-13-7-6-9-23(11-13)10-8-15(25)22-18-16(19(26)28-3)12(2)17(30-18)20(27)29-4/h13H,5-11H2,1-4H3,(H,21,24)(H,22,25). The van der Waals surface area contributed by atoms with Crippen LogP contribution in [0.15, 0.2) is 0 Å². The highest BCUT2D eigenvalue weighted by atomic mass is 32.1. The summed E-state index contributed by atoms with van der Waals surface area (Å²) in [6.07, 6.45) is 2.56. The molecule has 2 N–H and O–H groups in total. The van der Waals surface area contributed by atoms with Crippen molar-refractivity contribution in [1.29, 1.82) is 0 Å². The second-order valence-electron chi connectivity index (χ2n) is 7.10. The normalized spacial score (nSPS) is 16.6. The number of methoxy groups -OCH3 is 2. The lowest BCUT2D eigenvalue weighted by atomic mass is 10.1. The first kappa shape index (κ1) is 23.8. The molecule has 0 spiro atoms. The Labute approximate surface area is 180 Å². The van der Waals surface area contributed by atoms with Gasteiger partial charge in [-0.1, -0.05) is 6.92 Å². The molecule has 1 aromatic heterocycles. The molecule has 0 aromatic carbocycles. The number of ether oxygens (including phenoxy) is 2. The van der Waals surface area contributed by atoms with Crippen LogP contribution in [0.3, 0.4) is 0 Å². The number of anilines is 1. The Balaban J connectivity index is 2.00. The maximum Gasteiger partial charge on any atom is 0.348 e. The van der Waals surface area contributed by atoms with E-state index >= 15 is 0 Å². The van der Waals surface area contributed by atoms with Gasteiger partial charge in [0.1, 0.15) is 9.88 Å². The summed E-state index contributed by atoms with van der Waals surface area (Å²) in [5, 5.41) is 6.01. The molecule has 10 heteroatoms. The summed E-state index contributed by atoms with van der Waals surface area (Å²) >= 11 is 0.994. The van der Waals surface area contributed by atoms with Crippen LogP contribution in [-0.4, -0.2) is 68.5 Å². The van der Waals surface area contributed by atoms with Crippen molar-refractivity contribution in [2.45, 2.75) is 45.6 Å². The zero-order chi connectivity index (χ0) is 22.3. The molecule has 1 fully saturated rings. The summed E-state index contributed by atoms with van der Waals surface area (Å²) in [7, 11) is 2.50. The fourth-order valence-electron chi connectivity index (χ4n) is 3.39. The van der Waals surface area contributed by atoms with Crippen LogP contribution in [0.25, 0.3) is 0 Å². The number of hydrogen-bond donors (Lipinski definition) is 2. The van der Waals surface area contributed by atoms with Crippen molar-refractivity contribution >= 4 is 40.1 Å². The van der Waals surface area contributed by atoms with Crippen molar-refractivity contribution in [2.75, 3.05) is 39.2 Å². The van der Waals surface area contributed by atoms with E-state index in [1.165, 1.54) is 14.2 Å². The minimum absolute atomic E-state index is 0.0319. The van der Waals surface area contributed by atoms with Gasteiger partial charge >= 0.3 is 11.9 Å². The summed E-state index contributed by atoms with van der Waals surface area (Å²) < 4.78 is 9.54. The lowest BCUT2D eigenvalue weighted by Crippen LogP contribution is -2.48. The van der Waals surface area contributed by atoms with Crippen LogP contribution in [0.4, 0.5) is 5.00 Å². The predicted molar refractivity (Wildman–Crippen MR) is 113 cm³/mol. The zero-order valence-electron chi connectivity index (χ0n) is 17.8. The largest absolute Gasteiger partial charge is 0.465 e. The van der Waals surface area contributed by atoms with E-state index in [0.717, 1.165) is 30.7 Å². The molecule has 166 valence electrons. The topological polar surface area (TPSA) is 114 Å². The number of likely N-dealkylation sites (tertiary alicyclic amines) is 1. The van der Waals surface area contributed by atoms with Crippen LogP contribution >= 0.6 is 11.3 Å². The third-order valence-electron chi connectivity index (χ3n) is 5.01. The Hall–Kier alpha value is -2.46. The van der Waals surface area contributed by atoms with Crippen LogP contribution in [0.2, 0.25) is 0 Å². The van der Waals surface area contributed by atoms with Gasteiger partial charge in [0.25, 0.3) is 0 Å². The van der Waals surface area contributed by atoms with E-state index in [4.69, 9.17) is 9.47 Å². The van der Waals surface area contributed by atoms with Gasteiger partial charge in [-0.2, -0.15) is 0 Å². The lowest BCUT2D eigenvalue weighted by molar-refractivity contribution is -0.122. The van der Waals surface area contributed by atoms with E-state index < -0.39 is 11.9 Å². The van der Waals surface area contributed by atoms with E-state index in [1.807, 2.05) is 6.92 Å². The van der Waals surface area contributed by atoms with Crippen LogP contribution in [0.1, 0.15) is 58.2 Å². The number of rotatable bonds is 8. The quantitative estimate of drug-likeness (QED) is 0.595. The highest BCUT2D eigenvalue weighted by Gasteiger charge is 2.27. The number of carbonyl (C=O) groups excluding carboxylic acids is 4. The first-order valence-electron chi connectivity index (χ1n) is 9.92. The maximum absolute atomic E-state index is 12.5. The molecule has 1 unspecified atom stereocenters. The number of carbonyl (C=O) groups is 4. The molecule has 1 aliphatic rings. The number of hydrogen-bond acceptors (Lipinski definition) is 8. The highest BCUT2D eigenvalue weighted by Crippen LogP contribution is 2.34. The first-order valence-corrected chi connectivity index (χ1v) is 10.7. The van der Waals surface area contributed by atoms with Crippen molar-refractivity contribution < 1.29 is 28.7 Å². The summed E-state index contributed by atoms with van der Waals surface area (Å²) in [5.74, 6) is -1.43.